The Kier molecular flexibility index (Phi) is 7.58. The molecule has 0 bridgehead atoms. The Balaban J connectivity index is 0.00000280. The predicted molar refractivity (Wildman–Crippen MR) is 114 cm³/mol. The molecule has 1 heterocycles. The van der Waals surface area contributed by atoms with Crippen LogP contribution in [0.2, 0.25) is 0 Å². The van der Waals surface area contributed by atoms with Crippen LogP contribution in [0, 0.1) is 5.82 Å². The van der Waals surface area contributed by atoms with E-state index in [1.807, 2.05) is 24.3 Å². The van der Waals surface area contributed by atoms with Gasteiger partial charge >= 0.3 is 0 Å². The third-order valence-corrected chi connectivity index (χ3v) is 5.36. The highest BCUT2D eigenvalue weighted by Gasteiger charge is 2.37. The van der Waals surface area contributed by atoms with Gasteiger partial charge < -0.3 is 11.1 Å². The summed E-state index contributed by atoms with van der Waals surface area (Å²) >= 11 is 0. The second-order valence-electron chi connectivity index (χ2n) is 7.79. The van der Waals surface area contributed by atoms with Gasteiger partial charge in [0, 0.05) is 25.3 Å². The molecule has 0 unspecified atom stereocenters. The Morgan fingerprint density at radius 3 is 2.21 bits per heavy atom. The lowest BCUT2D eigenvalue weighted by Crippen LogP contribution is -2.57. The van der Waals surface area contributed by atoms with Gasteiger partial charge in [-0.15, -0.1) is 12.4 Å². The van der Waals surface area contributed by atoms with Crippen LogP contribution in [-0.2, 0) is 11.3 Å². The summed E-state index contributed by atoms with van der Waals surface area (Å²) in [5.74, 6) is 0.110. The van der Waals surface area contributed by atoms with Crippen molar-refractivity contribution in [3.05, 3.63) is 65.5 Å². The van der Waals surface area contributed by atoms with E-state index in [2.05, 4.69) is 24.1 Å². The number of halogens is 2. The molecular weight excluding hydrogens is 377 g/mol. The third-order valence-electron chi connectivity index (χ3n) is 5.36. The molecule has 1 amide bonds. The van der Waals surface area contributed by atoms with Gasteiger partial charge in [0.05, 0.1) is 5.54 Å². The summed E-state index contributed by atoms with van der Waals surface area (Å²) in [5, 5.41) is 2.96. The maximum absolute atomic E-state index is 13.0. The highest BCUT2D eigenvalue weighted by Crippen LogP contribution is 2.24. The molecule has 0 saturated carbocycles. The van der Waals surface area contributed by atoms with Crippen LogP contribution in [0.15, 0.2) is 48.5 Å². The molecule has 6 heteroatoms. The summed E-state index contributed by atoms with van der Waals surface area (Å²) in [6, 6.07) is 14.5. The third kappa shape index (κ3) is 5.53. The van der Waals surface area contributed by atoms with Gasteiger partial charge in [-0.05, 0) is 54.2 Å². The number of nitrogens with two attached hydrogens (primary N) is 1. The monoisotopic (exact) mass is 405 g/mol. The minimum atomic E-state index is -0.851. The summed E-state index contributed by atoms with van der Waals surface area (Å²) in [5.41, 5.74) is 8.65. The summed E-state index contributed by atoms with van der Waals surface area (Å²) in [7, 11) is 0. The Labute approximate surface area is 172 Å². The van der Waals surface area contributed by atoms with Crippen molar-refractivity contribution in [3.63, 3.8) is 0 Å². The molecule has 2 aromatic carbocycles. The number of hydrogen-bond donors (Lipinski definition) is 2. The lowest BCUT2D eigenvalue weighted by Gasteiger charge is -2.38. The molecule has 1 aliphatic heterocycles. The zero-order chi connectivity index (χ0) is 19.4. The Bertz CT molecular complexity index is 769. The first-order chi connectivity index (χ1) is 12.9. The summed E-state index contributed by atoms with van der Waals surface area (Å²) in [4.78, 5) is 15.0. The fraction of sp³-hybridized carbons (Fsp3) is 0.409. The van der Waals surface area contributed by atoms with Gasteiger partial charge in [0.15, 0.2) is 0 Å². The number of nitrogens with zero attached hydrogens (tertiary/aromatic N) is 1. The predicted octanol–water partition coefficient (Wildman–Crippen LogP) is 4.30. The number of piperidine rings is 1. The minimum absolute atomic E-state index is 0. The fourth-order valence-corrected chi connectivity index (χ4v) is 3.39. The first-order valence-corrected chi connectivity index (χ1v) is 9.53. The molecule has 2 aromatic rings. The molecule has 4 nitrogen and oxygen atoms in total. The standard InChI is InChI=1S/C22H28FN3O.ClH/c1-16(2)18-5-9-20(10-6-18)25-21(27)22(24)11-13-26(14-12-22)15-17-3-7-19(23)8-4-17;/h3-10,16H,11-15,24H2,1-2H3,(H,25,27);1H. The number of anilines is 1. The largest absolute Gasteiger partial charge is 0.324 e. The average Bonchev–Trinajstić information content (AvgIpc) is 2.66. The van der Waals surface area contributed by atoms with Crippen LogP contribution < -0.4 is 11.1 Å². The molecule has 1 fully saturated rings. The smallest absolute Gasteiger partial charge is 0.244 e. The van der Waals surface area contributed by atoms with E-state index in [1.54, 1.807) is 12.1 Å². The molecule has 0 aromatic heterocycles. The van der Waals surface area contributed by atoms with Gasteiger partial charge in [0.25, 0.3) is 0 Å². The highest BCUT2D eigenvalue weighted by atomic mass is 35.5. The molecule has 0 radical (unpaired) electrons. The van der Waals surface area contributed by atoms with Crippen LogP contribution in [0.1, 0.15) is 43.7 Å². The normalized spacial score (nSPS) is 16.5. The van der Waals surface area contributed by atoms with E-state index in [0.717, 1.165) is 30.9 Å². The topological polar surface area (TPSA) is 58.4 Å². The number of carbonyl (C=O) groups excluding carboxylic acids is 1. The number of hydrogen-bond acceptors (Lipinski definition) is 3. The van der Waals surface area contributed by atoms with Gasteiger partial charge in [0.1, 0.15) is 5.82 Å². The molecule has 28 heavy (non-hydrogen) atoms. The van der Waals surface area contributed by atoms with Crippen molar-refractivity contribution in [2.45, 2.75) is 44.7 Å². The van der Waals surface area contributed by atoms with E-state index in [9.17, 15) is 9.18 Å². The van der Waals surface area contributed by atoms with Crippen molar-refractivity contribution in [1.82, 2.24) is 4.90 Å². The Morgan fingerprint density at radius 2 is 1.68 bits per heavy atom. The Hall–Kier alpha value is -1.95. The van der Waals surface area contributed by atoms with Crippen molar-refractivity contribution in [3.8, 4) is 0 Å². The summed E-state index contributed by atoms with van der Waals surface area (Å²) < 4.78 is 13.0. The van der Waals surface area contributed by atoms with Gasteiger partial charge in [-0.1, -0.05) is 38.1 Å². The lowest BCUT2D eigenvalue weighted by molar-refractivity contribution is -0.122. The molecule has 0 atom stereocenters. The summed E-state index contributed by atoms with van der Waals surface area (Å²) in [6.07, 6.45) is 1.20. The van der Waals surface area contributed by atoms with Crippen LogP contribution in [0.3, 0.4) is 0 Å². The SMILES string of the molecule is CC(C)c1ccc(NC(=O)C2(N)CCN(Cc3ccc(F)cc3)CC2)cc1.Cl. The van der Waals surface area contributed by atoms with Crippen molar-refractivity contribution in [2.24, 2.45) is 5.73 Å². The van der Waals surface area contributed by atoms with Gasteiger partial charge in [-0.3, -0.25) is 9.69 Å². The number of rotatable bonds is 5. The van der Waals surface area contributed by atoms with Crippen LogP contribution in [0.25, 0.3) is 0 Å². The van der Waals surface area contributed by atoms with Gasteiger partial charge in [0.2, 0.25) is 5.91 Å². The van der Waals surface area contributed by atoms with Gasteiger partial charge in [-0.2, -0.15) is 0 Å². The van der Waals surface area contributed by atoms with E-state index in [0.29, 0.717) is 18.8 Å². The number of benzene rings is 2. The molecule has 152 valence electrons. The molecule has 0 aliphatic carbocycles. The van der Waals surface area contributed by atoms with Gasteiger partial charge in [-0.25, -0.2) is 4.39 Å². The lowest BCUT2D eigenvalue weighted by atomic mass is 9.87. The zero-order valence-electron chi connectivity index (χ0n) is 16.5. The van der Waals surface area contributed by atoms with E-state index < -0.39 is 5.54 Å². The molecular formula is C22H29ClFN3O. The van der Waals surface area contributed by atoms with E-state index >= 15 is 0 Å². The van der Waals surface area contributed by atoms with Crippen LogP contribution in [0.5, 0.6) is 0 Å². The molecule has 1 saturated heterocycles. The Morgan fingerprint density at radius 1 is 1.11 bits per heavy atom. The molecule has 3 rings (SSSR count). The molecule has 0 spiro atoms. The molecule has 1 aliphatic rings. The first-order valence-electron chi connectivity index (χ1n) is 9.53. The number of amides is 1. The number of likely N-dealkylation sites (tertiary alicyclic amines) is 1. The van der Waals surface area contributed by atoms with Crippen molar-refractivity contribution in [1.29, 1.82) is 0 Å². The van der Waals surface area contributed by atoms with Crippen LogP contribution >= 0.6 is 12.4 Å². The van der Waals surface area contributed by atoms with Crippen LogP contribution in [0.4, 0.5) is 10.1 Å². The summed E-state index contributed by atoms with van der Waals surface area (Å²) in [6.45, 7) is 6.51. The second-order valence-corrected chi connectivity index (χ2v) is 7.79. The highest BCUT2D eigenvalue weighted by molar-refractivity contribution is 5.98. The second kappa shape index (κ2) is 9.50. The minimum Gasteiger partial charge on any atom is -0.324 e. The van der Waals surface area contributed by atoms with E-state index in [-0.39, 0.29) is 24.1 Å². The molecule has 3 N–H and O–H groups in total. The van der Waals surface area contributed by atoms with E-state index in [1.165, 1.54) is 17.7 Å². The van der Waals surface area contributed by atoms with Crippen molar-refractivity contribution in [2.75, 3.05) is 18.4 Å². The maximum atomic E-state index is 13.0. The van der Waals surface area contributed by atoms with Crippen LogP contribution in [-0.4, -0.2) is 29.4 Å². The first kappa shape index (κ1) is 22.3. The fourth-order valence-electron chi connectivity index (χ4n) is 3.39. The maximum Gasteiger partial charge on any atom is 0.244 e. The van der Waals surface area contributed by atoms with Crippen molar-refractivity contribution >= 4 is 24.0 Å². The van der Waals surface area contributed by atoms with Crippen molar-refractivity contribution < 1.29 is 9.18 Å². The van der Waals surface area contributed by atoms with E-state index in [4.69, 9.17) is 5.73 Å². The average molecular weight is 406 g/mol. The number of carbonyl (C=O) groups is 1. The zero-order valence-corrected chi connectivity index (χ0v) is 17.3. The quantitative estimate of drug-likeness (QED) is 0.779. The number of nitrogens with one attached hydrogen (secondary N) is 1.